The van der Waals surface area contributed by atoms with E-state index in [2.05, 4.69) is 6.58 Å². The van der Waals surface area contributed by atoms with E-state index in [1.807, 2.05) is 6.92 Å². The third kappa shape index (κ3) is 3.77. The quantitative estimate of drug-likeness (QED) is 0.603. The number of aliphatic hydroxyl groups excluding tert-OH is 3. The van der Waals surface area contributed by atoms with E-state index in [0.717, 1.165) is 11.3 Å². The molecule has 1 rings (SSSR count). The van der Waals surface area contributed by atoms with Crippen LogP contribution in [-0.2, 0) is 4.74 Å². The summed E-state index contributed by atoms with van der Waals surface area (Å²) in [7, 11) is 0. The average molecular weight is 234 g/mol. The van der Waals surface area contributed by atoms with Crippen LogP contribution in [0.3, 0.4) is 0 Å². The molecular weight excluding hydrogens is 216 g/mol. The molecule has 0 radical (unpaired) electrons. The van der Waals surface area contributed by atoms with Crippen molar-refractivity contribution in [3.63, 3.8) is 0 Å². The first kappa shape index (κ1) is 13.0. The molecule has 1 heterocycles. The molecular formula is C10H18O4S. The molecule has 5 heteroatoms. The monoisotopic (exact) mass is 234 g/mol. The van der Waals surface area contributed by atoms with E-state index < -0.39 is 18.3 Å². The summed E-state index contributed by atoms with van der Waals surface area (Å²) in [6.07, 6.45) is -2.11. The summed E-state index contributed by atoms with van der Waals surface area (Å²) < 4.78 is 5.43. The molecule has 88 valence electrons. The van der Waals surface area contributed by atoms with E-state index in [4.69, 9.17) is 9.84 Å². The normalized spacial score (nSPS) is 36.5. The van der Waals surface area contributed by atoms with E-state index in [0.29, 0.717) is 6.42 Å². The number of rotatable bonds is 4. The standard InChI is InChI=1S/C10H18O4S/c1-6(2)5-15-9-3-7(12)10(13)8(4-11)14-9/h7-13H,1,3-5H2,2H3. The predicted molar refractivity (Wildman–Crippen MR) is 59.6 cm³/mol. The van der Waals surface area contributed by atoms with Gasteiger partial charge in [-0.2, -0.15) is 0 Å². The Morgan fingerprint density at radius 3 is 2.73 bits per heavy atom. The van der Waals surface area contributed by atoms with Crippen molar-refractivity contribution in [2.45, 2.75) is 37.1 Å². The average Bonchev–Trinajstić information content (AvgIpc) is 2.19. The second-order valence-electron chi connectivity index (χ2n) is 3.85. The van der Waals surface area contributed by atoms with Crippen LogP contribution in [0.5, 0.6) is 0 Å². The zero-order valence-corrected chi connectivity index (χ0v) is 9.61. The summed E-state index contributed by atoms with van der Waals surface area (Å²) in [6, 6.07) is 0. The molecule has 0 amide bonds. The zero-order chi connectivity index (χ0) is 11.4. The van der Waals surface area contributed by atoms with Gasteiger partial charge in [-0.1, -0.05) is 12.2 Å². The zero-order valence-electron chi connectivity index (χ0n) is 8.80. The predicted octanol–water partition coefficient (Wildman–Crippen LogP) is 0.125. The van der Waals surface area contributed by atoms with Crippen LogP contribution in [0.2, 0.25) is 0 Å². The first-order valence-corrected chi connectivity index (χ1v) is 5.98. The summed E-state index contributed by atoms with van der Waals surface area (Å²) in [6.45, 7) is 5.42. The second-order valence-corrected chi connectivity index (χ2v) is 5.00. The number of hydrogen-bond acceptors (Lipinski definition) is 5. The van der Waals surface area contributed by atoms with Gasteiger partial charge in [0.2, 0.25) is 0 Å². The van der Waals surface area contributed by atoms with Gasteiger partial charge in [0.1, 0.15) is 17.6 Å². The van der Waals surface area contributed by atoms with Crippen molar-refractivity contribution in [1.82, 2.24) is 0 Å². The van der Waals surface area contributed by atoms with Crippen LogP contribution >= 0.6 is 11.8 Å². The Bertz CT molecular complexity index is 221. The van der Waals surface area contributed by atoms with Crippen LogP contribution in [0.15, 0.2) is 12.2 Å². The van der Waals surface area contributed by atoms with Gasteiger partial charge in [-0.3, -0.25) is 0 Å². The summed E-state index contributed by atoms with van der Waals surface area (Å²) in [5.74, 6) is 0.756. The summed E-state index contributed by atoms with van der Waals surface area (Å²) >= 11 is 1.53. The van der Waals surface area contributed by atoms with Crippen molar-refractivity contribution in [2.24, 2.45) is 0 Å². The number of aliphatic hydroxyl groups is 3. The van der Waals surface area contributed by atoms with Gasteiger partial charge < -0.3 is 20.1 Å². The van der Waals surface area contributed by atoms with E-state index in [9.17, 15) is 10.2 Å². The number of ether oxygens (including phenoxy) is 1. The van der Waals surface area contributed by atoms with Crippen molar-refractivity contribution >= 4 is 11.8 Å². The van der Waals surface area contributed by atoms with Crippen LogP contribution < -0.4 is 0 Å². The van der Waals surface area contributed by atoms with Crippen molar-refractivity contribution in [1.29, 1.82) is 0 Å². The lowest BCUT2D eigenvalue weighted by Crippen LogP contribution is -2.49. The Morgan fingerprint density at radius 2 is 2.20 bits per heavy atom. The molecule has 4 atom stereocenters. The van der Waals surface area contributed by atoms with Crippen LogP contribution in [0.25, 0.3) is 0 Å². The topological polar surface area (TPSA) is 69.9 Å². The highest BCUT2D eigenvalue weighted by molar-refractivity contribution is 7.99. The van der Waals surface area contributed by atoms with E-state index >= 15 is 0 Å². The highest BCUT2D eigenvalue weighted by Crippen LogP contribution is 2.28. The van der Waals surface area contributed by atoms with Crippen molar-refractivity contribution in [2.75, 3.05) is 12.4 Å². The van der Waals surface area contributed by atoms with Crippen molar-refractivity contribution in [3.8, 4) is 0 Å². The summed E-state index contributed by atoms with van der Waals surface area (Å²) in [5.41, 5.74) is 0.849. The maximum Gasteiger partial charge on any atom is 0.110 e. The molecule has 1 fully saturated rings. The molecule has 1 saturated heterocycles. The molecule has 0 saturated carbocycles. The minimum Gasteiger partial charge on any atom is -0.394 e. The molecule has 4 unspecified atom stereocenters. The minimum absolute atomic E-state index is 0.183. The Labute approximate surface area is 93.9 Å². The lowest BCUT2D eigenvalue weighted by atomic mass is 10.0. The van der Waals surface area contributed by atoms with Crippen LogP contribution in [0.1, 0.15) is 13.3 Å². The molecule has 0 aromatic heterocycles. The van der Waals surface area contributed by atoms with Crippen molar-refractivity contribution < 1.29 is 20.1 Å². The summed E-state index contributed by atoms with van der Waals surface area (Å²) in [5, 5.41) is 28.0. The molecule has 3 N–H and O–H groups in total. The fourth-order valence-corrected chi connectivity index (χ4v) is 2.43. The van der Waals surface area contributed by atoms with Crippen molar-refractivity contribution in [3.05, 3.63) is 12.2 Å². The van der Waals surface area contributed by atoms with Gasteiger partial charge >= 0.3 is 0 Å². The van der Waals surface area contributed by atoms with Crippen LogP contribution in [0, 0.1) is 0 Å². The Kier molecular flexibility index (Phi) is 5.08. The highest BCUT2D eigenvalue weighted by Gasteiger charge is 2.36. The summed E-state index contributed by atoms with van der Waals surface area (Å²) in [4.78, 5) is 0. The highest BCUT2D eigenvalue weighted by atomic mass is 32.2. The molecule has 1 aliphatic rings. The fourth-order valence-electron chi connectivity index (χ4n) is 1.41. The lowest BCUT2D eigenvalue weighted by Gasteiger charge is -2.36. The number of thioether (sulfide) groups is 1. The first-order valence-electron chi connectivity index (χ1n) is 4.93. The largest absolute Gasteiger partial charge is 0.394 e. The Morgan fingerprint density at radius 1 is 1.53 bits per heavy atom. The Balaban J connectivity index is 2.44. The van der Waals surface area contributed by atoms with E-state index in [1.165, 1.54) is 11.8 Å². The number of hydrogen-bond donors (Lipinski definition) is 3. The van der Waals surface area contributed by atoms with Gasteiger partial charge in [-0.05, 0) is 6.92 Å². The second kappa shape index (κ2) is 5.86. The third-order valence-electron chi connectivity index (χ3n) is 2.23. The van der Waals surface area contributed by atoms with E-state index in [-0.39, 0.29) is 12.0 Å². The van der Waals surface area contributed by atoms with Gasteiger partial charge in [0.05, 0.1) is 12.7 Å². The molecule has 4 nitrogen and oxygen atoms in total. The SMILES string of the molecule is C=C(C)CSC1CC(O)C(O)C(CO)O1. The molecule has 0 aliphatic carbocycles. The molecule has 0 aromatic carbocycles. The van der Waals surface area contributed by atoms with Gasteiger partial charge in [0, 0.05) is 12.2 Å². The molecule has 0 aromatic rings. The minimum atomic E-state index is -0.989. The van der Waals surface area contributed by atoms with E-state index in [1.54, 1.807) is 0 Å². The fraction of sp³-hybridized carbons (Fsp3) is 0.800. The molecule has 15 heavy (non-hydrogen) atoms. The molecule has 0 bridgehead atoms. The molecule has 1 aliphatic heterocycles. The van der Waals surface area contributed by atoms with Crippen LogP contribution in [-0.4, -0.2) is 51.4 Å². The maximum atomic E-state index is 9.54. The third-order valence-corrected chi connectivity index (χ3v) is 3.57. The van der Waals surface area contributed by atoms with Gasteiger partial charge in [-0.15, -0.1) is 11.8 Å². The van der Waals surface area contributed by atoms with Gasteiger partial charge in [0.25, 0.3) is 0 Å². The first-order chi connectivity index (χ1) is 7.04. The van der Waals surface area contributed by atoms with Gasteiger partial charge in [0.15, 0.2) is 0 Å². The lowest BCUT2D eigenvalue weighted by molar-refractivity contribution is -0.157. The maximum absolute atomic E-state index is 9.54. The molecule has 0 spiro atoms. The van der Waals surface area contributed by atoms with Crippen LogP contribution in [0.4, 0.5) is 0 Å². The Hall–Kier alpha value is -0.0700. The van der Waals surface area contributed by atoms with Gasteiger partial charge in [-0.25, -0.2) is 0 Å². The smallest absolute Gasteiger partial charge is 0.110 e.